The zero-order chi connectivity index (χ0) is 57.9. The normalized spacial score (nSPS) is 15.2. The average molecular weight is 1130 g/mol. The molecule has 0 bridgehead atoms. The summed E-state index contributed by atoms with van der Waals surface area (Å²) in [4.78, 5) is 154. The molecule has 79 heavy (non-hydrogen) atoms. The summed E-state index contributed by atoms with van der Waals surface area (Å²) in [6.07, 6.45) is 4.36. The van der Waals surface area contributed by atoms with Crippen LogP contribution in [0.3, 0.4) is 0 Å². The minimum absolute atomic E-state index is 0.102. The summed E-state index contributed by atoms with van der Waals surface area (Å²) in [6.45, 7) is 6.58. The second-order valence-corrected chi connectivity index (χ2v) is 18.7. The van der Waals surface area contributed by atoms with Crippen molar-refractivity contribution in [1.29, 1.82) is 0 Å². The van der Waals surface area contributed by atoms with E-state index in [1.165, 1.54) is 26.7 Å². The Hall–Kier alpha value is -6.43. The van der Waals surface area contributed by atoms with Gasteiger partial charge in [0, 0.05) is 46.6 Å². The van der Waals surface area contributed by atoms with E-state index in [0.29, 0.717) is 50.9 Å². The molecule has 2 aromatic rings. The van der Waals surface area contributed by atoms with Gasteiger partial charge in [-0.2, -0.15) is 0 Å². The lowest BCUT2D eigenvalue weighted by Gasteiger charge is -2.29. The summed E-state index contributed by atoms with van der Waals surface area (Å²) < 4.78 is 48.4. The molecule has 2 aromatic heterocycles. The molecular weight excluding hydrogens is 1040 g/mol. The molecule has 2 fully saturated rings. The molecule has 4 heterocycles. The number of unbranched alkanes of at least 4 members (excludes halogenated alkanes) is 5. The van der Waals surface area contributed by atoms with Crippen molar-refractivity contribution in [1.82, 2.24) is 47.0 Å². The summed E-state index contributed by atoms with van der Waals surface area (Å²) in [7, 11) is 1.35. The molecule has 0 spiro atoms. The third-order valence-corrected chi connectivity index (χ3v) is 12.8. The Labute approximate surface area is 457 Å². The maximum atomic E-state index is 14.2. The molecular formula is C50H82N10O19. The number of hydrogen-bond donors (Lipinski definition) is 0. The fraction of sp³-hybridized carbons (Fsp3) is 0.780. The van der Waals surface area contributed by atoms with Crippen molar-refractivity contribution in [3.63, 3.8) is 0 Å². The van der Waals surface area contributed by atoms with Crippen molar-refractivity contribution in [2.24, 2.45) is 0 Å². The number of methoxy groups -OCH3 is 1. The predicted octanol–water partition coefficient (Wildman–Crippen LogP) is 0.828. The monoisotopic (exact) mass is 1130 g/mol. The molecule has 29 heteroatoms. The maximum Gasteiger partial charge on any atom is 0.336 e. The Kier molecular flexibility index (Phi) is 28.5. The number of carbonyl (C=O) groups excluding carboxylic acids is 5. The molecule has 4 amide bonds. The van der Waals surface area contributed by atoms with E-state index >= 15 is 0 Å². The number of carbonyl (C=O) groups is 5. The van der Waals surface area contributed by atoms with E-state index in [0.717, 1.165) is 60.5 Å². The van der Waals surface area contributed by atoms with Gasteiger partial charge in [-0.05, 0) is 32.1 Å². The van der Waals surface area contributed by atoms with Gasteiger partial charge in [-0.1, -0.05) is 66.7 Å². The van der Waals surface area contributed by atoms with Crippen molar-refractivity contribution in [3.05, 3.63) is 62.9 Å². The highest BCUT2D eigenvalue weighted by atomic mass is 16.5. The van der Waals surface area contributed by atoms with Crippen LogP contribution in [0.25, 0.3) is 0 Å². The van der Waals surface area contributed by atoms with E-state index in [1.807, 2.05) is 34.6 Å². The van der Waals surface area contributed by atoms with Crippen LogP contribution in [-0.2, 0) is 91.5 Å². The number of rotatable bonds is 41. The lowest BCUT2D eigenvalue weighted by atomic mass is 10.3. The number of fused-ring (bicyclic) bond motifs is 1. The second kappa shape index (κ2) is 34.5. The van der Waals surface area contributed by atoms with Gasteiger partial charge in [0.05, 0.1) is 65.3 Å². The lowest BCUT2D eigenvalue weighted by Crippen LogP contribution is -2.55. The zero-order valence-electron chi connectivity index (χ0n) is 46.8. The third-order valence-electron chi connectivity index (χ3n) is 12.8. The maximum absolute atomic E-state index is 14.2. The molecule has 2 aliphatic rings. The predicted molar refractivity (Wildman–Crippen MR) is 281 cm³/mol. The first-order valence-electron chi connectivity index (χ1n) is 27.4. The second-order valence-electron chi connectivity index (χ2n) is 18.7. The van der Waals surface area contributed by atoms with E-state index in [9.17, 15) is 52.7 Å². The first-order valence-corrected chi connectivity index (χ1v) is 27.4. The van der Waals surface area contributed by atoms with E-state index in [-0.39, 0.29) is 53.2 Å². The number of urea groups is 2. The fourth-order valence-corrected chi connectivity index (χ4v) is 8.27. The number of aromatic nitrogens is 6. The highest BCUT2D eigenvalue weighted by Crippen LogP contribution is 2.35. The van der Waals surface area contributed by atoms with Crippen LogP contribution in [0, 0.1) is 0 Å². The van der Waals surface area contributed by atoms with Crippen molar-refractivity contribution >= 4 is 30.0 Å². The molecule has 446 valence electrons. The highest BCUT2D eigenvalue weighted by molar-refractivity contribution is 5.85. The van der Waals surface area contributed by atoms with E-state index < -0.39 is 142 Å². The Bertz CT molecular complexity index is 2590. The quantitative estimate of drug-likeness (QED) is 0.0506. The Morgan fingerprint density at radius 1 is 0.342 bits per heavy atom. The minimum atomic E-state index is -1.14. The Morgan fingerprint density at radius 2 is 0.595 bits per heavy atom. The molecule has 0 radical (unpaired) electrons. The minimum Gasteiger partial charge on any atom is -0.466 e. The number of hydrogen-bond acceptors (Lipinski definition) is 19. The van der Waals surface area contributed by atoms with E-state index in [4.69, 9.17) is 37.9 Å². The van der Waals surface area contributed by atoms with Crippen LogP contribution in [0.15, 0.2) is 28.8 Å². The van der Waals surface area contributed by atoms with Crippen molar-refractivity contribution in [2.75, 3.05) is 86.9 Å². The van der Waals surface area contributed by atoms with Gasteiger partial charge in [0.25, 0.3) is 0 Å². The zero-order valence-corrected chi connectivity index (χ0v) is 46.8. The van der Waals surface area contributed by atoms with Gasteiger partial charge in [0.2, 0.25) is 0 Å². The van der Waals surface area contributed by atoms with Gasteiger partial charge in [-0.15, -0.1) is 0 Å². The summed E-state index contributed by atoms with van der Waals surface area (Å²) >= 11 is 0. The SMILES string of the molecule is CCCCOCN1C(=O)N(COCCCC)C2C1N(COCCCC)C(=O)N2COCCn1c(=O)n(CCOC)c(=O)n(CCOC(=O)CCn2c(=O)n(CCC(=O)OCCCC)c(=O)n(CCC(=O)OCCCC)c2=O)c1=O. The van der Waals surface area contributed by atoms with Crippen LogP contribution in [0.1, 0.15) is 118 Å². The molecule has 0 N–H and O–H groups in total. The molecule has 2 atom stereocenters. The van der Waals surface area contributed by atoms with Gasteiger partial charge < -0.3 is 37.9 Å². The standard InChI is InChI=1S/C50H82N10O19/c1-7-12-26-73-34-57-41-42(59(49(57)70)36-75-28-14-9-3)60(50(71)58(41)35-74-27-13-8-2)37-76-32-24-55-46(67)54(23-31-72-6)47(68)56(48(55)69)25-33-79-40(63)19-22-53-44(65)51(20-17-38(61)77-29-15-10-4)43(64)52(45(53)66)21-18-39(62)78-30-16-11-5/h41-42H,7-37H2,1-6H3. The molecule has 0 aromatic carbocycles. The fourth-order valence-electron chi connectivity index (χ4n) is 8.27. The van der Waals surface area contributed by atoms with Crippen LogP contribution in [-0.4, -0.2) is 176 Å². The molecule has 2 unspecified atom stereocenters. The first-order chi connectivity index (χ1) is 38.1. The molecule has 0 aliphatic carbocycles. The van der Waals surface area contributed by atoms with Crippen LogP contribution >= 0.6 is 0 Å². The van der Waals surface area contributed by atoms with Crippen LogP contribution in [0.2, 0.25) is 0 Å². The molecule has 4 rings (SSSR count). The van der Waals surface area contributed by atoms with Crippen LogP contribution in [0.5, 0.6) is 0 Å². The van der Waals surface area contributed by atoms with Gasteiger partial charge in [-0.3, -0.25) is 34.0 Å². The summed E-state index contributed by atoms with van der Waals surface area (Å²) in [5, 5.41) is 0. The summed E-state index contributed by atoms with van der Waals surface area (Å²) in [5.74, 6) is -2.38. The molecule has 2 saturated heterocycles. The topological polar surface area (TPSA) is 304 Å². The smallest absolute Gasteiger partial charge is 0.336 e. The van der Waals surface area contributed by atoms with Gasteiger partial charge >= 0.3 is 64.1 Å². The van der Waals surface area contributed by atoms with E-state index in [1.54, 1.807) is 0 Å². The van der Waals surface area contributed by atoms with Crippen LogP contribution in [0.4, 0.5) is 9.59 Å². The Balaban J connectivity index is 1.52. The first kappa shape index (κ1) is 65.1. The Morgan fingerprint density at radius 3 is 0.899 bits per heavy atom. The molecule has 2 aliphatic heterocycles. The van der Waals surface area contributed by atoms with Gasteiger partial charge in [0.15, 0.2) is 12.3 Å². The largest absolute Gasteiger partial charge is 0.466 e. The van der Waals surface area contributed by atoms with Gasteiger partial charge in [-0.25, -0.2) is 65.8 Å². The average Bonchev–Trinajstić information content (AvgIpc) is 3.92. The summed E-state index contributed by atoms with van der Waals surface area (Å²) in [5.41, 5.74) is -6.47. The number of esters is 3. The van der Waals surface area contributed by atoms with Crippen molar-refractivity contribution in [3.8, 4) is 0 Å². The van der Waals surface area contributed by atoms with Crippen LogP contribution < -0.4 is 34.1 Å². The summed E-state index contributed by atoms with van der Waals surface area (Å²) in [6, 6.07) is -0.942. The number of ether oxygens (including phenoxy) is 8. The number of nitrogens with zero attached hydrogens (tertiary/aromatic N) is 10. The lowest BCUT2D eigenvalue weighted by molar-refractivity contribution is -0.145. The number of amides is 4. The third kappa shape index (κ3) is 18.3. The van der Waals surface area contributed by atoms with Gasteiger partial charge in [0.1, 0.15) is 33.5 Å². The van der Waals surface area contributed by atoms with Crippen molar-refractivity contribution in [2.45, 2.75) is 170 Å². The van der Waals surface area contributed by atoms with E-state index in [2.05, 4.69) is 0 Å². The highest BCUT2D eigenvalue weighted by Gasteiger charge is 2.59. The van der Waals surface area contributed by atoms with Crippen molar-refractivity contribution < 1.29 is 61.9 Å². The molecule has 0 saturated carbocycles. The molecule has 29 nitrogen and oxygen atoms in total.